The molecule has 1 amide bonds. The first-order valence-electron chi connectivity index (χ1n) is 8.58. The van der Waals surface area contributed by atoms with E-state index in [0.717, 1.165) is 18.4 Å². The van der Waals surface area contributed by atoms with Gasteiger partial charge in [0.2, 0.25) is 5.91 Å². The topological polar surface area (TPSA) is 46.3 Å². The van der Waals surface area contributed by atoms with Crippen molar-refractivity contribution in [2.24, 2.45) is 5.73 Å². The first kappa shape index (κ1) is 17.5. The monoisotopic (exact) mass is 344 g/mol. The third-order valence-electron chi connectivity index (χ3n) is 4.70. The predicted molar refractivity (Wildman–Crippen MR) is 92.8 cm³/mol. The maximum Gasteiger partial charge on any atom is 0.224 e. The molecule has 3 nitrogen and oxygen atoms in total. The lowest BCUT2D eigenvalue weighted by molar-refractivity contribution is -0.132. The van der Waals surface area contributed by atoms with Gasteiger partial charge in [-0.15, -0.1) is 0 Å². The zero-order valence-electron chi connectivity index (χ0n) is 14.0. The van der Waals surface area contributed by atoms with E-state index in [1.54, 1.807) is 30.3 Å². The lowest BCUT2D eigenvalue weighted by atomic mass is 10.0. The number of nitrogens with two attached hydrogens (primary N) is 1. The molecule has 0 bridgehead atoms. The lowest BCUT2D eigenvalue weighted by Gasteiger charge is -2.26. The Bertz CT molecular complexity index is 733. The number of hydrogen-bond donors (Lipinski definition) is 1. The van der Waals surface area contributed by atoms with Crippen molar-refractivity contribution in [1.82, 2.24) is 4.90 Å². The average molecular weight is 344 g/mol. The van der Waals surface area contributed by atoms with Crippen molar-refractivity contribution in [2.75, 3.05) is 6.54 Å². The molecule has 2 aromatic rings. The van der Waals surface area contributed by atoms with Gasteiger partial charge in [-0.25, -0.2) is 8.78 Å². The number of hydrogen-bond acceptors (Lipinski definition) is 2. The van der Waals surface area contributed by atoms with E-state index in [9.17, 15) is 13.6 Å². The minimum atomic E-state index is -0.432. The molecule has 0 spiro atoms. The highest BCUT2D eigenvalue weighted by molar-refractivity contribution is 5.77. The van der Waals surface area contributed by atoms with Crippen LogP contribution < -0.4 is 5.73 Å². The Morgan fingerprint density at radius 1 is 1.16 bits per heavy atom. The minimum Gasteiger partial charge on any atom is -0.336 e. The van der Waals surface area contributed by atoms with Crippen molar-refractivity contribution in [3.8, 4) is 0 Å². The summed E-state index contributed by atoms with van der Waals surface area (Å²) in [5.74, 6) is -0.613. The molecular weight excluding hydrogens is 322 g/mol. The molecule has 0 saturated carbocycles. The van der Waals surface area contributed by atoms with Crippen LogP contribution in [0.4, 0.5) is 8.78 Å². The van der Waals surface area contributed by atoms with Crippen LogP contribution in [0.15, 0.2) is 48.5 Å². The summed E-state index contributed by atoms with van der Waals surface area (Å²) in [5, 5.41) is 0. The Hall–Kier alpha value is -2.27. The van der Waals surface area contributed by atoms with E-state index >= 15 is 0 Å². The summed E-state index contributed by atoms with van der Waals surface area (Å²) < 4.78 is 26.8. The van der Waals surface area contributed by atoms with Crippen LogP contribution in [0, 0.1) is 11.6 Å². The van der Waals surface area contributed by atoms with E-state index in [1.165, 1.54) is 18.2 Å². The molecule has 132 valence electrons. The molecule has 1 fully saturated rings. The summed E-state index contributed by atoms with van der Waals surface area (Å²) >= 11 is 0. The third kappa shape index (κ3) is 4.23. The SMILES string of the molecule is N[C@@H](CC(=O)N1CCC[C@H]1c1ccc(F)cc1)Cc1ccccc1F. The van der Waals surface area contributed by atoms with Gasteiger partial charge in [0.05, 0.1) is 6.04 Å². The Kier molecular flexibility index (Phi) is 5.43. The van der Waals surface area contributed by atoms with E-state index in [2.05, 4.69) is 0 Å². The maximum atomic E-state index is 13.7. The predicted octanol–water partition coefficient (Wildman–Crippen LogP) is 3.59. The van der Waals surface area contributed by atoms with Crippen molar-refractivity contribution in [3.63, 3.8) is 0 Å². The van der Waals surface area contributed by atoms with Crippen LogP contribution in [-0.2, 0) is 11.2 Å². The van der Waals surface area contributed by atoms with Gasteiger partial charge < -0.3 is 10.6 Å². The van der Waals surface area contributed by atoms with Crippen LogP contribution in [0.5, 0.6) is 0 Å². The largest absolute Gasteiger partial charge is 0.336 e. The smallest absolute Gasteiger partial charge is 0.224 e. The van der Waals surface area contributed by atoms with Crippen molar-refractivity contribution >= 4 is 5.91 Å². The second-order valence-corrected chi connectivity index (χ2v) is 6.56. The number of halogens is 2. The lowest BCUT2D eigenvalue weighted by Crippen LogP contribution is -2.36. The van der Waals surface area contributed by atoms with Gasteiger partial charge in [0.1, 0.15) is 11.6 Å². The summed E-state index contributed by atoms with van der Waals surface area (Å²) in [7, 11) is 0. The number of amides is 1. The molecule has 2 aromatic carbocycles. The average Bonchev–Trinajstić information content (AvgIpc) is 3.07. The van der Waals surface area contributed by atoms with Crippen molar-refractivity contribution < 1.29 is 13.6 Å². The van der Waals surface area contributed by atoms with Gasteiger partial charge >= 0.3 is 0 Å². The molecule has 2 atom stereocenters. The molecule has 1 aliphatic rings. The molecule has 0 radical (unpaired) electrons. The van der Waals surface area contributed by atoms with Gasteiger partial charge in [-0.3, -0.25) is 4.79 Å². The van der Waals surface area contributed by atoms with E-state index in [0.29, 0.717) is 18.5 Å². The highest BCUT2D eigenvalue weighted by Gasteiger charge is 2.30. The number of nitrogens with zero attached hydrogens (tertiary/aromatic N) is 1. The fraction of sp³-hybridized carbons (Fsp3) is 0.350. The van der Waals surface area contributed by atoms with Gasteiger partial charge in [0.15, 0.2) is 0 Å². The summed E-state index contributed by atoms with van der Waals surface area (Å²) in [6, 6.07) is 12.3. The standard InChI is InChI=1S/C20H22F2N2O/c21-16-9-7-14(8-10-16)19-6-3-11-24(19)20(25)13-17(23)12-15-4-1-2-5-18(15)22/h1-2,4-5,7-10,17,19H,3,6,11-13,23H2/t17-,19+/m1/s1. The van der Waals surface area contributed by atoms with Crippen LogP contribution >= 0.6 is 0 Å². The van der Waals surface area contributed by atoms with E-state index < -0.39 is 6.04 Å². The Morgan fingerprint density at radius 2 is 1.88 bits per heavy atom. The van der Waals surface area contributed by atoms with Crippen LogP contribution in [0.25, 0.3) is 0 Å². The molecule has 0 aliphatic carbocycles. The van der Waals surface area contributed by atoms with E-state index in [4.69, 9.17) is 5.73 Å². The highest BCUT2D eigenvalue weighted by Crippen LogP contribution is 2.32. The zero-order chi connectivity index (χ0) is 17.8. The number of carbonyl (C=O) groups excluding carboxylic acids is 1. The number of rotatable bonds is 5. The summed E-state index contributed by atoms with van der Waals surface area (Å²) in [4.78, 5) is 14.5. The van der Waals surface area contributed by atoms with Gasteiger partial charge in [0.25, 0.3) is 0 Å². The quantitative estimate of drug-likeness (QED) is 0.901. The minimum absolute atomic E-state index is 0.0318. The molecule has 1 heterocycles. The van der Waals surface area contributed by atoms with Gasteiger partial charge in [0, 0.05) is 19.0 Å². The van der Waals surface area contributed by atoms with Crippen molar-refractivity contribution in [3.05, 3.63) is 71.3 Å². The maximum absolute atomic E-state index is 13.7. The fourth-order valence-electron chi connectivity index (χ4n) is 3.46. The zero-order valence-corrected chi connectivity index (χ0v) is 14.0. The first-order chi connectivity index (χ1) is 12.0. The van der Waals surface area contributed by atoms with Gasteiger partial charge in [-0.05, 0) is 48.6 Å². The molecule has 3 rings (SSSR count). The second-order valence-electron chi connectivity index (χ2n) is 6.56. The first-order valence-corrected chi connectivity index (χ1v) is 8.58. The molecule has 25 heavy (non-hydrogen) atoms. The fourth-order valence-corrected chi connectivity index (χ4v) is 3.46. The number of likely N-dealkylation sites (tertiary alicyclic amines) is 1. The Morgan fingerprint density at radius 3 is 2.60 bits per heavy atom. The molecule has 0 unspecified atom stereocenters. The second kappa shape index (κ2) is 7.74. The van der Waals surface area contributed by atoms with Gasteiger partial charge in [-0.2, -0.15) is 0 Å². The Balaban J connectivity index is 1.63. The molecule has 2 N–H and O–H groups in total. The summed E-state index contributed by atoms with van der Waals surface area (Å²) in [5.41, 5.74) is 7.55. The van der Waals surface area contributed by atoms with Crippen LogP contribution in [0.2, 0.25) is 0 Å². The highest BCUT2D eigenvalue weighted by atomic mass is 19.1. The van der Waals surface area contributed by atoms with Crippen LogP contribution in [0.3, 0.4) is 0 Å². The molecule has 0 aromatic heterocycles. The summed E-state index contributed by atoms with van der Waals surface area (Å²) in [6.07, 6.45) is 2.27. The molecule has 1 saturated heterocycles. The molecule has 1 aliphatic heterocycles. The number of benzene rings is 2. The third-order valence-corrected chi connectivity index (χ3v) is 4.70. The molecular formula is C20H22F2N2O. The van der Waals surface area contributed by atoms with E-state index in [1.807, 2.05) is 4.90 Å². The van der Waals surface area contributed by atoms with Crippen LogP contribution in [-0.4, -0.2) is 23.4 Å². The van der Waals surface area contributed by atoms with Crippen LogP contribution in [0.1, 0.15) is 36.4 Å². The van der Waals surface area contributed by atoms with Gasteiger partial charge in [-0.1, -0.05) is 30.3 Å². The van der Waals surface area contributed by atoms with Crippen molar-refractivity contribution in [1.29, 1.82) is 0 Å². The van der Waals surface area contributed by atoms with Crippen molar-refractivity contribution in [2.45, 2.75) is 37.8 Å². The Labute approximate surface area is 146 Å². The normalized spacial score (nSPS) is 18.4. The van der Waals surface area contributed by atoms with E-state index in [-0.39, 0.29) is 30.0 Å². The number of carbonyl (C=O) groups is 1. The summed E-state index contributed by atoms with van der Waals surface area (Å²) in [6.45, 7) is 0.674. The molecule has 5 heteroatoms.